The standard InChI is InChI=1S/C16H24BrNO2/c1-4-18-15(11-7-5-6-8-11)12-9-10-13(19-2)14(17)16(12)20-3/h9-11,15,18H,4-8H2,1-3H3. The zero-order valence-electron chi connectivity index (χ0n) is 12.5. The molecule has 1 saturated carbocycles. The van der Waals surface area contributed by atoms with E-state index in [4.69, 9.17) is 9.47 Å². The minimum Gasteiger partial charge on any atom is -0.495 e. The molecule has 4 heteroatoms. The van der Waals surface area contributed by atoms with Gasteiger partial charge in [-0.3, -0.25) is 0 Å². The fourth-order valence-electron chi connectivity index (χ4n) is 3.20. The zero-order chi connectivity index (χ0) is 14.5. The molecule has 2 rings (SSSR count). The lowest BCUT2D eigenvalue weighted by Gasteiger charge is -2.27. The molecule has 0 aliphatic heterocycles. The van der Waals surface area contributed by atoms with Crippen molar-refractivity contribution in [3.05, 3.63) is 22.2 Å². The molecule has 0 bridgehead atoms. The Morgan fingerprint density at radius 3 is 2.50 bits per heavy atom. The molecule has 0 heterocycles. The summed E-state index contributed by atoms with van der Waals surface area (Å²) in [4.78, 5) is 0. The van der Waals surface area contributed by atoms with Gasteiger partial charge in [-0.2, -0.15) is 0 Å². The van der Waals surface area contributed by atoms with Crippen molar-refractivity contribution in [2.45, 2.75) is 38.6 Å². The number of benzene rings is 1. The predicted octanol–water partition coefficient (Wildman–Crippen LogP) is 4.31. The van der Waals surface area contributed by atoms with Crippen molar-refractivity contribution in [1.82, 2.24) is 5.32 Å². The molecule has 1 aliphatic rings. The van der Waals surface area contributed by atoms with Gasteiger partial charge in [-0.1, -0.05) is 19.8 Å². The van der Waals surface area contributed by atoms with E-state index < -0.39 is 0 Å². The van der Waals surface area contributed by atoms with Gasteiger partial charge in [0.2, 0.25) is 0 Å². The van der Waals surface area contributed by atoms with Crippen molar-refractivity contribution in [2.24, 2.45) is 5.92 Å². The van der Waals surface area contributed by atoms with Gasteiger partial charge in [0.25, 0.3) is 0 Å². The molecule has 1 atom stereocenters. The molecule has 0 spiro atoms. The van der Waals surface area contributed by atoms with E-state index in [1.807, 2.05) is 6.07 Å². The molecule has 1 fully saturated rings. The van der Waals surface area contributed by atoms with Gasteiger partial charge in [-0.15, -0.1) is 0 Å². The Balaban J connectivity index is 2.39. The second kappa shape index (κ2) is 7.32. The van der Waals surface area contributed by atoms with Crippen LogP contribution in [-0.2, 0) is 0 Å². The Morgan fingerprint density at radius 2 is 1.95 bits per heavy atom. The first-order valence-electron chi connectivity index (χ1n) is 7.36. The summed E-state index contributed by atoms with van der Waals surface area (Å²) < 4.78 is 11.9. The van der Waals surface area contributed by atoms with E-state index in [2.05, 4.69) is 34.2 Å². The van der Waals surface area contributed by atoms with Crippen LogP contribution in [0.15, 0.2) is 16.6 Å². The number of hydrogen-bond donors (Lipinski definition) is 1. The van der Waals surface area contributed by atoms with Crippen molar-refractivity contribution >= 4 is 15.9 Å². The lowest BCUT2D eigenvalue weighted by Crippen LogP contribution is -2.27. The zero-order valence-corrected chi connectivity index (χ0v) is 14.1. The van der Waals surface area contributed by atoms with Gasteiger partial charge in [-0.25, -0.2) is 0 Å². The molecule has 1 unspecified atom stereocenters. The molecule has 1 aromatic rings. The largest absolute Gasteiger partial charge is 0.495 e. The van der Waals surface area contributed by atoms with Crippen LogP contribution in [0.3, 0.4) is 0 Å². The second-order valence-corrected chi connectivity index (χ2v) is 6.08. The van der Waals surface area contributed by atoms with E-state index >= 15 is 0 Å². The summed E-state index contributed by atoms with van der Waals surface area (Å²) in [5.74, 6) is 2.40. The number of nitrogens with one attached hydrogen (secondary N) is 1. The van der Waals surface area contributed by atoms with Crippen molar-refractivity contribution in [3.63, 3.8) is 0 Å². The predicted molar refractivity (Wildman–Crippen MR) is 85.6 cm³/mol. The number of ether oxygens (including phenoxy) is 2. The van der Waals surface area contributed by atoms with Gasteiger partial charge in [0.15, 0.2) is 0 Å². The van der Waals surface area contributed by atoms with Crippen LogP contribution in [0.25, 0.3) is 0 Å². The Morgan fingerprint density at radius 1 is 1.25 bits per heavy atom. The molecule has 0 amide bonds. The third-order valence-electron chi connectivity index (χ3n) is 4.15. The Hall–Kier alpha value is -0.740. The highest BCUT2D eigenvalue weighted by Gasteiger charge is 2.29. The van der Waals surface area contributed by atoms with Gasteiger partial charge >= 0.3 is 0 Å². The summed E-state index contributed by atoms with van der Waals surface area (Å²) in [5, 5.41) is 3.64. The van der Waals surface area contributed by atoms with Gasteiger partial charge < -0.3 is 14.8 Å². The molecular weight excluding hydrogens is 318 g/mol. The van der Waals surface area contributed by atoms with E-state index in [1.165, 1.54) is 31.2 Å². The SMILES string of the molecule is CCNC(c1ccc(OC)c(Br)c1OC)C1CCCC1. The summed E-state index contributed by atoms with van der Waals surface area (Å²) >= 11 is 3.60. The average Bonchev–Trinajstić information content (AvgIpc) is 2.98. The fourth-order valence-corrected chi connectivity index (χ4v) is 3.89. The molecule has 0 radical (unpaired) electrons. The number of rotatable bonds is 6. The maximum Gasteiger partial charge on any atom is 0.141 e. The number of halogens is 1. The molecule has 0 aromatic heterocycles. The Bertz CT molecular complexity index is 444. The third-order valence-corrected chi connectivity index (χ3v) is 4.90. The Kier molecular flexibility index (Phi) is 5.73. The highest BCUT2D eigenvalue weighted by atomic mass is 79.9. The maximum absolute atomic E-state index is 5.64. The van der Waals surface area contributed by atoms with Crippen LogP contribution in [0.2, 0.25) is 0 Å². The quantitative estimate of drug-likeness (QED) is 0.836. The molecule has 3 nitrogen and oxygen atoms in total. The molecule has 1 aromatic carbocycles. The van der Waals surface area contributed by atoms with E-state index in [1.54, 1.807) is 14.2 Å². The summed E-state index contributed by atoms with van der Waals surface area (Å²) in [7, 11) is 3.40. The fraction of sp³-hybridized carbons (Fsp3) is 0.625. The molecule has 1 aliphatic carbocycles. The van der Waals surface area contributed by atoms with Crippen LogP contribution in [0.4, 0.5) is 0 Å². The lowest BCUT2D eigenvalue weighted by molar-refractivity contribution is 0.344. The van der Waals surface area contributed by atoms with E-state index in [9.17, 15) is 0 Å². The molecule has 0 saturated heterocycles. The van der Waals surface area contributed by atoms with E-state index in [0.717, 1.165) is 22.5 Å². The first-order chi connectivity index (χ1) is 9.72. The number of hydrogen-bond acceptors (Lipinski definition) is 3. The highest BCUT2D eigenvalue weighted by molar-refractivity contribution is 9.10. The first-order valence-corrected chi connectivity index (χ1v) is 8.16. The summed E-state index contributed by atoms with van der Waals surface area (Å²) in [6.45, 7) is 3.13. The molecule has 20 heavy (non-hydrogen) atoms. The summed E-state index contributed by atoms with van der Waals surface area (Å²) in [6.07, 6.45) is 5.27. The summed E-state index contributed by atoms with van der Waals surface area (Å²) in [5.41, 5.74) is 1.23. The van der Waals surface area contributed by atoms with Crippen LogP contribution >= 0.6 is 15.9 Å². The van der Waals surface area contributed by atoms with E-state index in [0.29, 0.717) is 12.0 Å². The van der Waals surface area contributed by atoms with Crippen molar-refractivity contribution in [2.75, 3.05) is 20.8 Å². The van der Waals surface area contributed by atoms with Crippen molar-refractivity contribution in [1.29, 1.82) is 0 Å². The van der Waals surface area contributed by atoms with Gasteiger partial charge in [0, 0.05) is 11.6 Å². The van der Waals surface area contributed by atoms with Crippen molar-refractivity contribution < 1.29 is 9.47 Å². The van der Waals surface area contributed by atoms with Crippen LogP contribution in [0.1, 0.15) is 44.2 Å². The minimum atomic E-state index is 0.361. The van der Waals surface area contributed by atoms with Crippen molar-refractivity contribution in [3.8, 4) is 11.5 Å². The molecule has 1 N–H and O–H groups in total. The maximum atomic E-state index is 5.64. The first kappa shape index (κ1) is 15.6. The summed E-state index contributed by atoms with van der Waals surface area (Å²) in [6, 6.07) is 4.51. The third kappa shape index (κ3) is 3.12. The molecular formula is C16H24BrNO2. The normalized spacial score (nSPS) is 17.2. The van der Waals surface area contributed by atoms with E-state index in [-0.39, 0.29) is 0 Å². The van der Waals surface area contributed by atoms with Crippen LogP contribution in [-0.4, -0.2) is 20.8 Å². The second-order valence-electron chi connectivity index (χ2n) is 5.28. The average molecular weight is 342 g/mol. The topological polar surface area (TPSA) is 30.5 Å². The monoisotopic (exact) mass is 341 g/mol. The van der Waals surface area contributed by atoms with Crippen LogP contribution in [0, 0.1) is 5.92 Å². The number of methoxy groups -OCH3 is 2. The smallest absolute Gasteiger partial charge is 0.141 e. The lowest BCUT2D eigenvalue weighted by atomic mass is 9.91. The molecule has 112 valence electrons. The Labute approximate surface area is 130 Å². The van der Waals surface area contributed by atoms with Crippen LogP contribution < -0.4 is 14.8 Å². The highest BCUT2D eigenvalue weighted by Crippen LogP contribution is 2.44. The van der Waals surface area contributed by atoms with Crippen LogP contribution in [0.5, 0.6) is 11.5 Å². The van der Waals surface area contributed by atoms with Gasteiger partial charge in [0.1, 0.15) is 16.0 Å². The minimum absolute atomic E-state index is 0.361. The van der Waals surface area contributed by atoms with Gasteiger partial charge in [0.05, 0.1) is 14.2 Å². The van der Waals surface area contributed by atoms with Gasteiger partial charge in [-0.05, 0) is 53.4 Å².